The Labute approximate surface area is 146 Å². The zero-order valence-corrected chi connectivity index (χ0v) is 14.2. The Morgan fingerprint density at radius 2 is 1.83 bits per heavy atom. The van der Waals surface area contributed by atoms with Crippen molar-refractivity contribution in [2.24, 2.45) is 0 Å². The lowest BCUT2D eigenvalue weighted by atomic mass is 9.96. The summed E-state index contributed by atoms with van der Waals surface area (Å²) in [6, 6.07) is 17.0. The van der Waals surface area contributed by atoms with Crippen LogP contribution in [0.1, 0.15) is 31.1 Å². The van der Waals surface area contributed by atoms with Gasteiger partial charge in [0, 0.05) is 17.5 Å². The van der Waals surface area contributed by atoms with E-state index in [0.717, 1.165) is 11.1 Å². The minimum Gasteiger partial charge on any atom is -0.443 e. The van der Waals surface area contributed by atoms with Gasteiger partial charge in [0.05, 0.1) is 0 Å². The van der Waals surface area contributed by atoms with Gasteiger partial charge in [0.1, 0.15) is 12.2 Å². The lowest BCUT2D eigenvalue weighted by Crippen LogP contribution is -2.35. The number of epoxide rings is 1. The highest BCUT2D eigenvalue weighted by molar-refractivity contribution is 6.30. The van der Waals surface area contributed by atoms with Crippen molar-refractivity contribution < 1.29 is 14.3 Å². The predicted molar refractivity (Wildman–Crippen MR) is 92.6 cm³/mol. The van der Waals surface area contributed by atoms with Crippen molar-refractivity contribution in [1.82, 2.24) is 0 Å². The lowest BCUT2D eigenvalue weighted by Gasteiger charge is -2.21. The fraction of sp³-hybridized carbons (Fsp3) is 0.250. The van der Waals surface area contributed by atoms with Gasteiger partial charge in [-0.15, -0.1) is 0 Å². The topological polar surface area (TPSA) is 38.8 Å². The number of rotatable bonds is 3. The van der Waals surface area contributed by atoms with E-state index in [9.17, 15) is 4.79 Å². The highest BCUT2D eigenvalue weighted by atomic mass is 35.5. The molecule has 4 heteroatoms. The third kappa shape index (κ3) is 3.79. The van der Waals surface area contributed by atoms with E-state index < -0.39 is 5.60 Å². The second-order valence-electron chi connectivity index (χ2n) is 5.85. The van der Waals surface area contributed by atoms with Gasteiger partial charge in [0.15, 0.2) is 5.60 Å². The molecule has 2 aromatic rings. The molecule has 0 amide bonds. The standard InChI is InChI=1S/C20H17ClO3/c1-14(22)24-20(2,13-12-15-6-4-3-5-7-15)19-18(23-19)16-8-10-17(21)11-9-16/h3-11,18-19H,1-2H3/t18-,19+,20?/m1/s1. The Kier molecular flexibility index (Phi) is 4.62. The average Bonchev–Trinajstić information content (AvgIpc) is 3.35. The zero-order chi connectivity index (χ0) is 17.2. The van der Waals surface area contributed by atoms with Crippen LogP contribution in [0.4, 0.5) is 0 Å². The van der Waals surface area contributed by atoms with Crippen LogP contribution in [0.15, 0.2) is 54.6 Å². The smallest absolute Gasteiger partial charge is 0.304 e. The SMILES string of the molecule is CC(=O)OC(C)(C#Cc1ccccc1)[C@H]1O[C@@H]1c1ccc(Cl)cc1. The largest absolute Gasteiger partial charge is 0.443 e. The molecular formula is C20H17ClO3. The summed E-state index contributed by atoms with van der Waals surface area (Å²) in [5.41, 5.74) is 0.843. The maximum atomic E-state index is 11.5. The van der Waals surface area contributed by atoms with E-state index in [0.29, 0.717) is 5.02 Å². The van der Waals surface area contributed by atoms with Crippen molar-refractivity contribution in [1.29, 1.82) is 0 Å². The van der Waals surface area contributed by atoms with Crippen LogP contribution in [0.25, 0.3) is 0 Å². The first-order chi connectivity index (χ1) is 11.5. The third-order valence-corrected chi connectivity index (χ3v) is 4.07. The molecule has 1 saturated heterocycles. The van der Waals surface area contributed by atoms with Gasteiger partial charge in [-0.3, -0.25) is 4.79 Å². The summed E-state index contributed by atoms with van der Waals surface area (Å²) in [5, 5.41) is 0.669. The molecule has 122 valence electrons. The van der Waals surface area contributed by atoms with E-state index in [1.807, 2.05) is 54.6 Å². The molecule has 0 aromatic heterocycles. The molecule has 0 aliphatic carbocycles. The monoisotopic (exact) mass is 340 g/mol. The number of halogens is 1. The zero-order valence-electron chi connectivity index (χ0n) is 13.5. The second-order valence-corrected chi connectivity index (χ2v) is 6.28. The van der Waals surface area contributed by atoms with Crippen LogP contribution in [-0.2, 0) is 14.3 Å². The minimum absolute atomic E-state index is 0.156. The van der Waals surface area contributed by atoms with E-state index in [1.165, 1.54) is 6.92 Å². The van der Waals surface area contributed by atoms with Crippen LogP contribution in [0.2, 0.25) is 5.02 Å². The molecule has 2 aromatic carbocycles. The van der Waals surface area contributed by atoms with Gasteiger partial charge in [0.25, 0.3) is 0 Å². The summed E-state index contributed by atoms with van der Waals surface area (Å²) >= 11 is 5.92. The van der Waals surface area contributed by atoms with Gasteiger partial charge in [0.2, 0.25) is 0 Å². The van der Waals surface area contributed by atoms with Gasteiger partial charge in [-0.05, 0) is 42.7 Å². The van der Waals surface area contributed by atoms with Crippen LogP contribution in [0.3, 0.4) is 0 Å². The number of carbonyl (C=O) groups is 1. The molecule has 3 atom stereocenters. The lowest BCUT2D eigenvalue weighted by molar-refractivity contribution is -0.151. The Morgan fingerprint density at radius 3 is 2.46 bits per heavy atom. The molecule has 1 aliphatic heterocycles. The minimum atomic E-state index is -1.01. The molecule has 0 bridgehead atoms. The number of hydrogen-bond acceptors (Lipinski definition) is 3. The average molecular weight is 341 g/mol. The normalized spacial score (nSPS) is 21.1. The Hall–Kier alpha value is -2.28. The van der Waals surface area contributed by atoms with Crippen molar-refractivity contribution in [3.8, 4) is 11.8 Å². The summed E-state index contributed by atoms with van der Waals surface area (Å²) in [6.07, 6.45) is -0.463. The van der Waals surface area contributed by atoms with E-state index in [4.69, 9.17) is 21.1 Å². The first-order valence-electron chi connectivity index (χ1n) is 7.67. The predicted octanol–water partition coefficient (Wildman–Crippen LogP) is 4.15. The van der Waals surface area contributed by atoms with Crippen molar-refractivity contribution in [2.75, 3.05) is 0 Å². The third-order valence-electron chi connectivity index (χ3n) is 3.82. The molecule has 1 fully saturated rings. The van der Waals surface area contributed by atoms with E-state index in [1.54, 1.807) is 6.92 Å². The van der Waals surface area contributed by atoms with Gasteiger partial charge in [-0.1, -0.05) is 47.9 Å². The number of carbonyl (C=O) groups excluding carboxylic acids is 1. The Bertz CT molecular complexity index is 789. The van der Waals surface area contributed by atoms with Crippen LogP contribution in [-0.4, -0.2) is 17.7 Å². The second kappa shape index (κ2) is 6.68. The molecule has 3 nitrogen and oxygen atoms in total. The summed E-state index contributed by atoms with van der Waals surface area (Å²) in [4.78, 5) is 11.5. The van der Waals surface area contributed by atoms with E-state index in [-0.39, 0.29) is 18.2 Å². The summed E-state index contributed by atoms with van der Waals surface area (Å²) < 4.78 is 11.3. The molecule has 1 unspecified atom stereocenters. The highest BCUT2D eigenvalue weighted by Gasteiger charge is 2.54. The molecule has 3 rings (SSSR count). The van der Waals surface area contributed by atoms with Gasteiger partial charge >= 0.3 is 5.97 Å². The van der Waals surface area contributed by atoms with Crippen LogP contribution < -0.4 is 0 Å². The Balaban J connectivity index is 1.83. The summed E-state index contributed by atoms with van der Waals surface area (Å²) in [5.74, 6) is 5.75. The maximum Gasteiger partial charge on any atom is 0.304 e. The van der Waals surface area contributed by atoms with Crippen molar-refractivity contribution in [3.63, 3.8) is 0 Å². The molecule has 1 heterocycles. The quantitative estimate of drug-likeness (QED) is 0.478. The van der Waals surface area contributed by atoms with Crippen LogP contribution >= 0.6 is 11.6 Å². The van der Waals surface area contributed by atoms with Gasteiger partial charge in [-0.2, -0.15) is 0 Å². The van der Waals surface area contributed by atoms with E-state index in [2.05, 4.69) is 11.8 Å². The van der Waals surface area contributed by atoms with Crippen LogP contribution in [0.5, 0.6) is 0 Å². The van der Waals surface area contributed by atoms with Crippen molar-refractivity contribution in [3.05, 3.63) is 70.7 Å². The number of esters is 1. The fourth-order valence-electron chi connectivity index (χ4n) is 2.61. The van der Waals surface area contributed by atoms with E-state index >= 15 is 0 Å². The molecule has 1 aliphatic rings. The molecule has 0 N–H and O–H groups in total. The first kappa shape index (κ1) is 16.6. The summed E-state index contributed by atoms with van der Waals surface area (Å²) in [6.45, 7) is 3.16. The fourth-order valence-corrected chi connectivity index (χ4v) is 2.73. The van der Waals surface area contributed by atoms with Crippen molar-refractivity contribution in [2.45, 2.75) is 31.7 Å². The van der Waals surface area contributed by atoms with Gasteiger partial charge in [-0.25, -0.2) is 0 Å². The number of ether oxygens (including phenoxy) is 2. The van der Waals surface area contributed by atoms with Crippen LogP contribution in [0, 0.1) is 11.8 Å². The molecule has 24 heavy (non-hydrogen) atoms. The molecule has 0 radical (unpaired) electrons. The molecular weight excluding hydrogens is 324 g/mol. The molecule has 0 saturated carbocycles. The summed E-state index contributed by atoms with van der Waals surface area (Å²) in [7, 11) is 0. The van der Waals surface area contributed by atoms with Gasteiger partial charge < -0.3 is 9.47 Å². The first-order valence-corrected chi connectivity index (χ1v) is 8.04. The Morgan fingerprint density at radius 1 is 1.17 bits per heavy atom. The molecule has 0 spiro atoms. The number of hydrogen-bond donors (Lipinski definition) is 0. The maximum absolute atomic E-state index is 11.5. The number of benzene rings is 2. The highest BCUT2D eigenvalue weighted by Crippen LogP contribution is 2.46. The van der Waals surface area contributed by atoms with Crippen molar-refractivity contribution >= 4 is 17.6 Å².